The maximum Gasteiger partial charge on any atom is 0.358 e. The number of carbonyl (C=O) groups excluding carboxylic acids is 2. The third-order valence-corrected chi connectivity index (χ3v) is 4.66. The summed E-state index contributed by atoms with van der Waals surface area (Å²) in [7, 11) is 1.33. The van der Waals surface area contributed by atoms with Crippen molar-refractivity contribution in [3.8, 4) is 0 Å². The zero-order chi connectivity index (χ0) is 16.1. The number of ether oxygens (including phenoxy) is 1. The average Bonchev–Trinajstić information content (AvgIpc) is 2.82. The third-order valence-electron chi connectivity index (χ3n) is 3.53. The number of esters is 1. The molecule has 120 valence electrons. The SMILES string of the molecule is C=CCS[C@@H](C)C(=O)N1CCCn2nc(C(=O)OC)cc2C1. The van der Waals surface area contributed by atoms with Crippen molar-refractivity contribution in [2.45, 2.75) is 31.7 Å². The van der Waals surface area contributed by atoms with Gasteiger partial charge in [0.1, 0.15) is 0 Å². The molecule has 0 spiro atoms. The van der Waals surface area contributed by atoms with Gasteiger partial charge in [-0.1, -0.05) is 6.08 Å². The van der Waals surface area contributed by atoms with Gasteiger partial charge in [-0.25, -0.2) is 4.79 Å². The van der Waals surface area contributed by atoms with Crippen LogP contribution in [0.2, 0.25) is 0 Å². The van der Waals surface area contributed by atoms with Crippen LogP contribution < -0.4 is 0 Å². The molecular weight excluding hydrogens is 302 g/mol. The maximum absolute atomic E-state index is 12.5. The summed E-state index contributed by atoms with van der Waals surface area (Å²) in [6, 6.07) is 1.71. The van der Waals surface area contributed by atoms with Gasteiger partial charge in [0.05, 0.1) is 24.6 Å². The second kappa shape index (κ2) is 7.49. The van der Waals surface area contributed by atoms with Crippen LogP contribution in [0, 0.1) is 0 Å². The average molecular weight is 323 g/mol. The third kappa shape index (κ3) is 3.71. The number of nitrogens with zero attached hydrogens (tertiary/aromatic N) is 3. The van der Waals surface area contributed by atoms with E-state index in [-0.39, 0.29) is 11.2 Å². The molecule has 0 bridgehead atoms. The lowest BCUT2D eigenvalue weighted by molar-refractivity contribution is -0.130. The number of aryl methyl sites for hydroxylation is 1. The predicted octanol–water partition coefficient (Wildman–Crippen LogP) is 1.71. The van der Waals surface area contributed by atoms with Gasteiger partial charge in [0.25, 0.3) is 0 Å². The van der Waals surface area contributed by atoms with Crippen LogP contribution in [-0.4, -0.2) is 51.2 Å². The molecule has 2 heterocycles. The molecule has 0 fully saturated rings. The Balaban J connectivity index is 2.10. The van der Waals surface area contributed by atoms with Crippen LogP contribution in [0.25, 0.3) is 0 Å². The van der Waals surface area contributed by atoms with Crippen LogP contribution in [0.15, 0.2) is 18.7 Å². The van der Waals surface area contributed by atoms with Crippen LogP contribution in [0.5, 0.6) is 0 Å². The molecule has 0 saturated carbocycles. The number of fused-ring (bicyclic) bond motifs is 1. The second-order valence-electron chi connectivity index (χ2n) is 5.11. The van der Waals surface area contributed by atoms with Gasteiger partial charge in [-0.05, 0) is 19.4 Å². The first-order chi connectivity index (χ1) is 10.6. The molecule has 1 aromatic rings. The molecule has 0 aromatic carbocycles. The summed E-state index contributed by atoms with van der Waals surface area (Å²) in [6.07, 6.45) is 2.62. The number of carbonyl (C=O) groups is 2. The van der Waals surface area contributed by atoms with Gasteiger partial charge >= 0.3 is 5.97 Å². The molecule has 0 saturated heterocycles. The summed E-state index contributed by atoms with van der Waals surface area (Å²) in [5, 5.41) is 4.15. The molecule has 0 N–H and O–H groups in total. The Morgan fingerprint density at radius 3 is 3.00 bits per heavy atom. The van der Waals surface area contributed by atoms with E-state index in [1.54, 1.807) is 28.6 Å². The number of rotatable bonds is 5. The fourth-order valence-corrected chi connectivity index (χ4v) is 3.11. The Morgan fingerprint density at radius 2 is 2.32 bits per heavy atom. The van der Waals surface area contributed by atoms with E-state index in [0.717, 1.165) is 17.9 Å². The van der Waals surface area contributed by atoms with Crippen LogP contribution >= 0.6 is 11.8 Å². The standard InChI is InChI=1S/C15H21N3O3S/c1-4-8-22-11(2)14(19)17-6-5-7-18-12(10-17)9-13(16-18)15(20)21-3/h4,9,11H,1,5-8,10H2,2-3H3/t11-/m0/s1. The highest BCUT2D eigenvalue weighted by atomic mass is 32.2. The van der Waals surface area contributed by atoms with E-state index in [2.05, 4.69) is 11.7 Å². The fraction of sp³-hybridized carbons (Fsp3) is 0.533. The molecular formula is C15H21N3O3S. The highest BCUT2D eigenvalue weighted by Gasteiger charge is 2.25. The summed E-state index contributed by atoms with van der Waals surface area (Å²) in [6.45, 7) is 7.47. The number of methoxy groups -OCH3 is 1. The molecule has 1 atom stereocenters. The first kappa shape index (κ1) is 16.6. The zero-order valence-corrected chi connectivity index (χ0v) is 13.8. The molecule has 6 nitrogen and oxygen atoms in total. The molecule has 1 aliphatic rings. The van der Waals surface area contributed by atoms with Crippen molar-refractivity contribution in [1.29, 1.82) is 0 Å². The molecule has 7 heteroatoms. The summed E-state index contributed by atoms with van der Waals surface area (Å²) in [5.41, 5.74) is 1.16. The van der Waals surface area contributed by atoms with Gasteiger partial charge in [-0.15, -0.1) is 18.3 Å². The van der Waals surface area contributed by atoms with Gasteiger partial charge in [-0.3, -0.25) is 9.48 Å². The van der Waals surface area contributed by atoms with E-state index >= 15 is 0 Å². The Bertz CT molecular complexity index is 570. The van der Waals surface area contributed by atoms with Gasteiger partial charge in [0, 0.05) is 18.8 Å². The van der Waals surface area contributed by atoms with E-state index in [4.69, 9.17) is 4.74 Å². The van der Waals surface area contributed by atoms with Gasteiger partial charge in [0.15, 0.2) is 5.69 Å². The lowest BCUT2D eigenvalue weighted by atomic mass is 10.3. The number of hydrogen-bond acceptors (Lipinski definition) is 5. The lowest BCUT2D eigenvalue weighted by Crippen LogP contribution is -2.36. The maximum atomic E-state index is 12.5. The molecule has 22 heavy (non-hydrogen) atoms. The van der Waals surface area contributed by atoms with Crippen molar-refractivity contribution in [2.24, 2.45) is 0 Å². The molecule has 0 unspecified atom stereocenters. The lowest BCUT2D eigenvalue weighted by Gasteiger charge is -2.23. The molecule has 1 aromatic heterocycles. The van der Waals surface area contributed by atoms with Crippen LogP contribution in [-0.2, 0) is 22.6 Å². The monoisotopic (exact) mass is 323 g/mol. The molecule has 2 rings (SSSR count). The molecule has 0 radical (unpaired) electrons. The van der Waals surface area contributed by atoms with Crippen molar-refractivity contribution < 1.29 is 14.3 Å². The van der Waals surface area contributed by atoms with Crippen molar-refractivity contribution in [3.05, 3.63) is 30.1 Å². The van der Waals surface area contributed by atoms with E-state index < -0.39 is 5.97 Å². The Hall–Kier alpha value is -1.76. The van der Waals surface area contributed by atoms with Crippen molar-refractivity contribution >= 4 is 23.6 Å². The minimum atomic E-state index is -0.451. The minimum absolute atomic E-state index is 0.104. The number of hydrogen-bond donors (Lipinski definition) is 0. The summed E-state index contributed by atoms with van der Waals surface area (Å²) >= 11 is 1.57. The Labute approximate surface area is 134 Å². The van der Waals surface area contributed by atoms with E-state index in [1.807, 2.05) is 11.8 Å². The Morgan fingerprint density at radius 1 is 1.55 bits per heavy atom. The van der Waals surface area contributed by atoms with Gasteiger partial charge in [-0.2, -0.15) is 5.10 Å². The quantitative estimate of drug-likeness (QED) is 0.610. The number of amides is 1. The van der Waals surface area contributed by atoms with E-state index in [0.29, 0.717) is 25.3 Å². The van der Waals surface area contributed by atoms with E-state index in [1.165, 1.54) is 7.11 Å². The largest absolute Gasteiger partial charge is 0.464 e. The Kier molecular flexibility index (Phi) is 5.65. The smallest absolute Gasteiger partial charge is 0.358 e. The number of aromatic nitrogens is 2. The molecule has 0 aliphatic carbocycles. The first-order valence-corrected chi connectivity index (χ1v) is 8.28. The van der Waals surface area contributed by atoms with Crippen molar-refractivity contribution in [1.82, 2.24) is 14.7 Å². The predicted molar refractivity (Wildman–Crippen MR) is 85.7 cm³/mol. The zero-order valence-electron chi connectivity index (χ0n) is 12.9. The van der Waals surface area contributed by atoms with Crippen LogP contribution in [0.1, 0.15) is 29.5 Å². The molecule has 1 aliphatic heterocycles. The summed E-state index contributed by atoms with van der Waals surface area (Å²) in [5.74, 6) is 0.417. The summed E-state index contributed by atoms with van der Waals surface area (Å²) < 4.78 is 6.49. The highest BCUT2D eigenvalue weighted by Crippen LogP contribution is 2.19. The van der Waals surface area contributed by atoms with Crippen LogP contribution in [0.3, 0.4) is 0 Å². The topological polar surface area (TPSA) is 64.4 Å². The van der Waals surface area contributed by atoms with Gasteiger partial charge < -0.3 is 9.64 Å². The molecule has 1 amide bonds. The first-order valence-electron chi connectivity index (χ1n) is 7.23. The normalized spacial score (nSPS) is 15.6. The second-order valence-corrected chi connectivity index (χ2v) is 6.49. The summed E-state index contributed by atoms with van der Waals surface area (Å²) in [4.78, 5) is 25.9. The number of thioether (sulfide) groups is 1. The minimum Gasteiger partial charge on any atom is -0.464 e. The van der Waals surface area contributed by atoms with Crippen molar-refractivity contribution in [2.75, 3.05) is 19.4 Å². The van der Waals surface area contributed by atoms with Crippen molar-refractivity contribution in [3.63, 3.8) is 0 Å². The fourth-order valence-electron chi connectivity index (χ4n) is 2.40. The van der Waals surface area contributed by atoms with Gasteiger partial charge in [0.2, 0.25) is 5.91 Å². The van der Waals surface area contributed by atoms with Crippen LogP contribution in [0.4, 0.5) is 0 Å². The highest BCUT2D eigenvalue weighted by molar-refractivity contribution is 8.00. The van der Waals surface area contributed by atoms with E-state index in [9.17, 15) is 9.59 Å².